The summed E-state index contributed by atoms with van der Waals surface area (Å²) in [6, 6.07) is 5.60. The van der Waals surface area contributed by atoms with Gasteiger partial charge in [0.1, 0.15) is 0 Å². The number of hydrogen-bond acceptors (Lipinski definition) is 6. The number of nitrogens with zero attached hydrogens (tertiary/aromatic N) is 2. The van der Waals surface area contributed by atoms with Crippen LogP contribution in [-0.4, -0.2) is 48.3 Å². The summed E-state index contributed by atoms with van der Waals surface area (Å²) in [6.45, 7) is 3.90. The monoisotopic (exact) mass is 395 g/mol. The van der Waals surface area contributed by atoms with Gasteiger partial charge in [-0.05, 0) is 43.5 Å². The Morgan fingerprint density at radius 2 is 1.85 bits per heavy atom. The minimum Gasteiger partial charge on any atom is -0.550 e. The lowest BCUT2D eigenvalue weighted by molar-refractivity contribution is -0.305. The number of hydrogen-bond donors (Lipinski definition) is 0. The van der Waals surface area contributed by atoms with E-state index in [0.717, 1.165) is 16.8 Å². The molecule has 1 aromatic rings. The lowest BCUT2D eigenvalue weighted by Crippen LogP contribution is -2.37. The van der Waals surface area contributed by atoms with E-state index in [4.69, 9.17) is 0 Å². The third-order valence-electron chi connectivity index (χ3n) is 4.31. The maximum Gasteiger partial charge on any atom is 0.248 e. The molecular formula is C17H19N2O5S2-. The zero-order valence-corrected chi connectivity index (χ0v) is 16.1. The van der Waals surface area contributed by atoms with Gasteiger partial charge >= 0.3 is 0 Å². The van der Waals surface area contributed by atoms with Crippen LogP contribution < -0.4 is 10.0 Å². The number of aliphatic imine (C=N–C) groups is 1. The molecule has 0 bridgehead atoms. The molecule has 2 aliphatic heterocycles. The predicted octanol–water partition coefficient (Wildman–Crippen LogP) is 0.435. The minimum atomic E-state index is -3.13. The number of carboxylic acid groups (broad SMARTS) is 1. The Balaban J connectivity index is 1.96. The lowest BCUT2D eigenvalue weighted by Gasteiger charge is -2.25. The Hall–Kier alpha value is -1.87. The molecule has 0 saturated carbocycles. The highest BCUT2D eigenvalue weighted by Crippen LogP contribution is 2.41. The SMILES string of the molecule is Cc1cc(C)cc(N2C(=NC(=O)CCC(=O)[O-])S[C@@H]3CS(=O)(=O)C[C@H]32)c1. The van der Waals surface area contributed by atoms with Crippen molar-refractivity contribution < 1.29 is 23.1 Å². The van der Waals surface area contributed by atoms with E-state index in [9.17, 15) is 23.1 Å². The summed E-state index contributed by atoms with van der Waals surface area (Å²) in [4.78, 5) is 28.5. The molecule has 0 N–H and O–H groups in total. The van der Waals surface area contributed by atoms with E-state index in [1.165, 1.54) is 11.8 Å². The Kier molecular flexibility index (Phi) is 5.12. The predicted molar refractivity (Wildman–Crippen MR) is 98.9 cm³/mol. The normalized spacial score (nSPS) is 25.5. The molecule has 1 amide bonds. The average Bonchev–Trinajstić information content (AvgIpc) is 2.94. The second kappa shape index (κ2) is 7.03. The van der Waals surface area contributed by atoms with Gasteiger partial charge in [0.25, 0.3) is 0 Å². The van der Waals surface area contributed by atoms with E-state index in [0.29, 0.717) is 5.17 Å². The fraction of sp³-hybridized carbons (Fsp3) is 0.471. The van der Waals surface area contributed by atoms with Gasteiger partial charge in [-0.25, -0.2) is 8.42 Å². The number of carboxylic acids is 1. The number of aliphatic carboxylic acids is 1. The fourth-order valence-corrected chi connectivity index (χ4v) is 7.26. The molecule has 7 nitrogen and oxygen atoms in total. The quantitative estimate of drug-likeness (QED) is 0.728. The van der Waals surface area contributed by atoms with E-state index in [2.05, 4.69) is 4.99 Å². The minimum absolute atomic E-state index is 0.0178. The maximum atomic E-state index is 12.0. The molecule has 0 spiro atoms. The third kappa shape index (κ3) is 4.09. The van der Waals surface area contributed by atoms with Crippen LogP contribution in [0.25, 0.3) is 0 Å². The largest absolute Gasteiger partial charge is 0.550 e. The molecule has 2 atom stereocenters. The highest BCUT2D eigenvalue weighted by Gasteiger charge is 2.49. The number of anilines is 1. The van der Waals surface area contributed by atoms with Crippen LogP contribution in [0.3, 0.4) is 0 Å². The van der Waals surface area contributed by atoms with Crippen molar-refractivity contribution in [1.82, 2.24) is 0 Å². The molecule has 26 heavy (non-hydrogen) atoms. The van der Waals surface area contributed by atoms with E-state index in [1.54, 1.807) is 0 Å². The number of carbonyl (C=O) groups is 2. The standard InChI is InChI=1S/C17H20N2O5S2/c1-10-5-11(2)7-12(6-10)19-13-8-26(23,24)9-14(13)25-17(19)18-15(20)3-4-16(21)22/h5-7,13-14H,3-4,8-9H2,1-2H3,(H,21,22)/p-1/t13-,14-/m1/s1. The van der Waals surface area contributed by atoms with Crippen LogP contribution in [0.1, 0.15) is 24.0 Å². The molecule has 0 aliphatic carbocycles. The van der Waals surface area contributed by atoms with Gasteiger partial charge in [-0.2, -0.15) is 4.99 Å². The molecule has 0 aromatic heterocycles. The summed E-state index contributed by atoms with van der Waals surface area (Å²) in [5, 5.41) is 10.8. The Morgan fingerprint density at radius 3 is 2.46 bits per heavy atom. The van der Waals surface area contributed by atoms with E-state index >= 15 is 0 Å². The molecular weight excluding hydrogens is 376 g/mol. The number of sulfone groups is 1. The van der Waals surface area contributed by atoms with E-state index < -0.39 is 21.7 Å². The molecule has 2 heterocycles. The number of aryl methyl sites for hydroxylation is 2. The zero-order chi connectivity index (χ0) is 19.1. The molecule has 2 fully saturated rings. The first-order chi connectivity index (χ1) is 12.1. The Labute approximate surface area is 156 Å². The maximum absolute atomic E-state index is 12.0. The number of benzene rings is 1. The molecule has 1 aromatic carbocycles. The van der Waals surface area contributed by atoms with Gasteiger partial charge in [-0.15, -0.1) is 0 Å². The van der Waals surface area contributed by atoms with Crippen LogP contribution in [0, 0.1) is 13.8 Å². The van der Waals surface area contributed by atoms with Crippen molar-refractivity contribution in [3.63, 3.8) is 0 Å². The van der Waals surface area contributed by atoms with Crippen LogP contribution in [0.15, 0.2) is 23.2 Å². The summed E-state index contributed by atoms with van der Waals surface area (Å²) in [7, 11) is -3.13. The van der Waals surface area contributed by atoms with Gasteiger partial charge in [-0.3, -0.25) is 4.79 Å². The Morgan fingerprint density at radius 1 is 1.19 bits per heavy atom. The van der Waals surface area contributed by atoms with Crippen molar-refractivity contribution in [2.24, 2.45) is 4.99 Å². The van der Waals surface area contributed by atoms with Gasteiger partial charge in [0, 0.05) is 23.3 Å². The van der Waals surface area contributed by atoms with Crippen molar-refractivity contribution in [3.8, 4) is 0 Å². The number of thioether (sulfide) groups is 1. The Bertz CT molecular complexity index is 874. The number of carbonyl (C=O) groups excluding carboxylic acids is 2. The number of amidine groups is 1. The highest BCUT2D eigenvalue weighted by molar-refractivity contribution is 8.16. The summed E-state index contributed by atoms with van der Waals surface area (Å²) in [5.41, 5.74) is 2.85. The lowest BCUT2D eigenvalue weighted by atomic mass is 10.1. The molecule has 0 unspecified atom stereocenters. The molecule has 9 heteroatoms. The zero-order valence-electron chi connectivity index (χ0n) is 14.5. The van der Waals surface area contributed by atoms with Crippen LogP contribution >= 0.6 is 11.8 Å². The molecule has 2 saturated heterocycles. The van der Waals surface area contributed by atoms with E-state index in [1.807, 2.05) is 36.9 Å². The van der Waals surface area contributed by atoms with Gasteiger partial charge in [-0.1, -0.05) is 17.8 Å². The van der Waals surface area contributed by atoms with Gasteiger partial charge in [0.2, 0.25) is 5.91 Å². The molecule has 140 valence electrons. The van der Waals surface area contributed by atoms with Crippen molar-refractivity contribution in [3.05, 3.63) is 29.3 Å². The van der Waals surface area contributed by atoms with Gasteiger partial charge in [0.15, 0.2) is 15.0 Å². The second-order valence-corrected chi connectivity index (χ2v) is 10.0. The van der Waals surface area contributed by atoms with Gasteiger partial charge < -0.3 is 14.8 Å². The van der Waals surface area contributed by atoms with Crippen LogP contribution in [0.5, 0.6) is 0 Å². The second-order valence-electron chi connectivity index (χ2n) is 6.68. The van der Waals surface area contributed by atoms with Gasteiger partial charge in [0.05, 0.1) is 17.5 Å². The first-order valence-corrected chi connectivity index (χ1v) is 10.9. The first-order valence-electron chi connectivity index (χ1n) is 8.20. The van der Waals surface area contributed by atoms with Crippen molar-refractivity contribution in [2.45, 2.75) is 38.0 Å². The fourth-order valence-electron chi connectivity index (χ4n) is 3.33. The average molecular weight is 395 g/mol. The van der Waals surface area contributed by atoms with Crippen LogP contribution in [0.2, 0.25) is 0 Å². The topological polar surface area (TPSA) is 107 Å². The number of fused-ring (bicyclic) bond motifs is 1. The van der Waals surface area contributed by atoms with Crippen LogP contribution in [0.4, 0.5) is 5.69 Å². The molecule has 3 rings (SSSR count). The summed E-state index contributed by atoms with van der Waals surface area (Å²) >= 11 is 1.27. The van der Waals surface area contributed by atoms with Crippen molar-refractivity contribution in [2.75, 3.05) is 16.4 Å². The number of amides is 1. The summed E-state index contributed by atoms with van der Waals surface area (Å²) in [5.74, 6) is -1.78. The highest BCUT2D eigenvalue weighted by atomic mass is 32.2. The first kappa shape index (κ1) is 18.9. The third-order valence-corrected chi connectivity index (χ3v) is 7.52. The molecule has 2 aliphatic rings. The smallest absolute Gasteiger partial charge is 0.248 e. The van der Waals surface area contributed by atoms with Crippen molar-refractivity contribution in [1.29, 1.82) is 0 Å². The number of rotatable bonds is 4. The summed E-state index contributed by atoms with van der Waals surface area (Å²) < 4.78 is 24.1. The molecule has 0 radical (unpaired) electrons. The van der Waals surface area contributed by atoms with E-state index in [-0.39, 0.29) is 35.6 Å². The van der Waals surface area contributed by atoms with Crippen LogP contribution in [-0.2, 0) is 19.4 Å². The van der Waals surface area contributed by atoms with Crippen molar-refractivity contribution >= 4 is 44.3 Å². The summed E-state index contributed by atoms with van der Waals surface area (Å²) in [6.07, 6.45) is -0.619.